The summed E-state index contributed by atoms with van der Waals surface area (Å²) in [5, 5.41) is 10.9. The number of ether oxygens (including phenoxy) is 2. The molecule has 0 spiro atoms. The summed E-state index contributed by atoms with van der Waals surface area (Å²) in [7, 11) is 0. The van der Waals surface area contributed by atoms with Gasteiger partial charge in [-0.05, 0) is 49.7 Å². The van der Waals surface area contributed by atoms with Crippen molar-refractivity contribution in [3.63, 3.8) is 0 Å². The number of carbonyl (C=O) groups excluding carboxylic acids is 6. The number of nitrogens with zero attached hydrogens (tertiary/aromatic N) is 2. The number of halogens is 1. The smallest absolute Gasteiger partial charge is 0.412 e. The summed E-state index contributed by atoms with van der Waals surface area (Å²) in [6, 6.07) is 24.5. The topological polar surface area (TPSA) is 229 Å². The van der Waals surface area contributed by atoms with Crippen LogP contribution in [-0.2, 0) is 45.4 Å². The van der Waals surface area contributed by atoms with Gasteiger partial charge in [-0.25, -0.2) is 9.59 Å². The Morgan fingerprint density at radius 2 is 0.841 bits per heavy atom. The van der Waals surface area contributed by atoms with Crippen LogP contribution in [0.5, 0.6) is 0 Å². The number of amides is 6. The monoisotopic (exact) mass is 889 g/mol. The molecule has 0 aliphatic carbocycles. The first-order valence-corrected chi connectivity index (χ1v) is 20.7. The maximum atomic E-state index is 12.4. The molecule has 2 aromatic carbocycles. The van der Waals surface area contributed by atoms with E-state index in [1.54, 1.807) is 58.2 Å². The van der Waals surface area contributed by atoms with E-state index in [0.717, 1.165) is 11.1 Å². The molecule has 4 rings (SSSR count). The van der Waals surface area contributed by atoms with Crippen LogP contribution in [0.15, 0.2) is 110 Å². The molecule has 340 valence electrons. The van der Waals surface area contributed by atoms with Crippen molar-refractivity contribution in [3.8, 4) is 0 Å². The van der Waals surface area contributed by atoms with E-state index in [4.69, 9.17) is 20.9 Å². The minimum absolute atomic E-state index is 0. The summed E-state index contributed by atoms with van der Waals surface area (Å²) in [5.41, 5.74) is 13.8. The first-order valence-electron chi connectivity index (χ1n) is 20.7. The molecule has 0 unspecified atom stereocenters. The lowest BCUT2D eigenvalue weighted by Gasteiger charge is -2.20. The zero-order valence-corrected chi connectivity index (χ0v) is 37.5. The lowest BCUT2D eigenvalue weighted by Crippen LogP contribution is -3.00. The van der Waals surface area contributed by atoms with Gasteiger partial charge in [0, 0.05) is 36.3 Å². The molecule has 0 bridgehead atoms. The highest BCUT2D eigenvalue weighted by atomic mass is 35.5. The minimum atomic E-state index is -0.727. The van der Waals surface area contributed by atoms with Crippen molar-refractivity contribution in [1.82, 2.24) is 21.3 Å². The second-order valence-electron chi connectivity index (χ2n) is 15.3. The third-order valence-corrected chi connectivity index (χ3v) is 10.1. The summed E-state index contributed by atoms with van der Waals surface area (Å²) in [4.78, 5) is 72.0. The Kier molecular flexibility index (Phi) is 22.9. The van der Waals surface area contributed by atoms with Gasteiger partial charge in [-0.1, -0.05) is 101 Å². The predicted molar refractivity (Wildman–Crippen MR) is 232 cm³/mol. The maximum absolute atomic E-state index is 12.4. The molecule has 6 amide bonds. The first-order chi connectivity index (χ1) is 29.6. The normalized spacial score (nSPS) is 13.3. The number of aromatic nitrogens is 2. The highest BCUT2D eigenvalue weighted by molar-refractivity contribution is 5.97. The van der Waals surface area contributed by atoms with Gasteiger partial charge in [0.1, 0.15) is 12.1 Å². The van der Waals surface area contributed by atoms with Crippen molar-refractivity contribution >= 4 is 35.8 Å². The molecule has 4 aromatic rings. The van der Waals surface area contributed by atoms with Crippen LogP contribution in [0.3, 0.4) is 0 Å². The number of pyridine rings is 2. The van der Waals surface area contributed by atoms with Crippen LogP contribution in [0.4, 0.5) is 9.59 Å². The van der Waals surface area contributed by atoms with Gasteiger partial charge < -0.3 is 54.6 Å². The Morgan fingerprint density at radius 3 is 1.13 bits per heavy atom. The fourth-order valence-corrected chi connectivity index (χ4v) is 6.09. The van der Waals surface area contributed by atoms with E-state index in [1.165, 1.54) is 0 Å². The molecule has 0 aliphatic heterocycles. The van der Waals surface area contributed by atoms with E-state index in [2.05, 4.69) is 21.3 Å². The van der Waals surface area contributed by atoms with E-state index in [-0.39, 0.29) is 61.6 Å². The summed E-state index contributed by atoms with van der Waals surface area (Å²) in [6.07, 6.45) is 8.29. The van der Waals surface area contributed by atoms with Crippen molar-refractivity contribution in [3.05, 3.63) is 132 Å². The molecule has 0 aliphatic rings. The molecule has 16 nitrogen and oxygen atoms in total. The molecule has 0 saturated heterocycles. The number of nitrogens with one attached hydrogen (secondary N) is 4. The van der Waals surface area contributed by atoms with E-state index in [0.29, 0.717) is 36.8 Å². The standard InChI is InChI=1S/2C23H30N4O4.ClH/c2*1-4-16(2)20(21(24)28)26-22(29)19-10-12-27(13-11-19)15-31-23(30)25-17(3)14-18-8-6-5-7-9-18;/h2*5-13,16-17,20H,4,14-15H2,1-3H3,(H3-,24,25,26,28,29,30);1H/p+1/t2*16-,17-,20-;/m00./s1. The largest absolute Gasteiger partial charge is 1.00 e. The first kappa shape index (κ1) is 52.6. The van der Waals surface area contributed by atoms with Crippen LogP contribution in [0.1, 0.15) is 86.2 Å². The van der Waals surface area contributed by atoms with Gasteiger partial charge in [-0.15, -0.1) is 0 Å². The molecule has 17 heteroatoms. The average molecular weight is 891 g/mol. The van der Waals surface area contributed by atoms with Crippen molar-refractivity contribution in [2.75, 3.05) is 0 Å². The van der Waals surface area contributed by atoms with Gasteiger partial charge in [-0.2, -0.15) is 9.13 Å². The Labute approximate surface area is 375 Å². The summed E-state index contributed by atoms with van der Waals surface area (Å²) < 4.78 is 13.7. The van der Waals surface area contributed by atoms with Crippen LogP contribution >= 0.6 is 0 Å². The van der Waals surface area contributed by atoms with Crippen LogP contribution < -0.4 is 54.3 Å². The average Bonchev–Trinajstić information content (AvgIpc) is 3.26. The molecule has 0 saturated carbocycles. The van der Waals surface area contributed by atoms with Gasteiger partial charge in [0.2, 0.25) is 11.8 Å². The molecule has 6 atom stereocenters. The third-order valence-electron chi connectivity index (χ3n) is 10.1. The lowest BCUT2D eigenvalue weighted by atomic mass is 9.98. The molecule has 0 fully saturated rings. The maximum Gasteiger partial charge on any atom is 0.412 e. The summed E-state index contributed by atoms with van der Waals surface area (Å²) >= 11 is 0. The molecule has 2 aromatic heterocycles. The molecule has 8 N–H and O–H groups in total. The van der Waals surface area contributed by atoms with Gasteiger partial charge in [-0.3, -0.25) is 19.2 Å². The van der Waals surface area contributed by atoms with Gasteiger partial charge in [0.15, 0.2) is 24.8 Å². The third kappa shape index (κ3) is 18.9. The Bertz CT molecular complexity index is 1900. The van der Waals surface area contributed by atoms with E-state index in [1.807, 2.05) is 102 Å². The highest BCUT2D eigenvalue weighted by Crippen LogP contribution is 2.10. The van der Waals surface area contributed by atoms with Crippen LogP contribution in [0.25, 0.3) is 0 Å². The van der Waals surface area contributed by atoms with E-state index in [9.17, 15) is 28.8 Å². The fourth-order valence-electron chi connectivity index (χ4n) is 6.09. The Hall–Kier alpha value is -6.55. The zero-order valence-electron chi connectivity index (χ0n) is 36.8. The number of primary amides is 2. The molecule has 2 heterocycles. The second-order valence-corrected chi connectivity index (χ2v) is 15.3. The quantitative estimate of drug-likeness (QED) is 0.0696. The number of alkyl carbamates (subject to hydrolysis) is 2. The van der Waals surface area contributed by atoms with Crippen molar-refractivity contribution in [2.24, 2.45) is 23.3 Å². The molecular weight excluding hydrogens is 828 g/mol. The van der Waals surface area contributed by atoms with Gasteiger partial charge in [0.05, 0.1) is 11.1 Å². The predicted octanol–water partition coefficient (Wildman–Crippen LogP) is 0.842. The number of hydrogen-bond acceptors (Lipinski definition) is 8. The minimum Gasteiger partial charge on any atom is -1.00 e. The van der Waals surface area contributed by atoms with Gasteiger partial charge >= 0.3 is 12.2 Å². The van der Waals surface area contributed by atoms with Crippen LogP contribution in [-0.4, -0.2) is 60.0 Å². The van der Waals surface area contributed by atoms with Crippen molar-refractivity contribution in [1.29, 1.82) is 0 Å². The van der Waals surface area contributed by atoms with Gasteiger partial charge in [0.25, 0.3) is 25.3 Å². The Morgan fingerprint density at radius 1 is 0.524 bits per heavy atom. The number of hydrogen-bond donors (Lipinski definition) is 6. The zero-order chi connectivity index (χ0) is 45.6. The van der Waals surface area contributed by atoms with E-state index < -0.39 is 36.1 Å². The summed E-state index contributed by atoms with van der Waals surface area (Å²) in [6.45, 7) is 11.4. The number of benzene rings is 2. The number of nitrogens with two attached hydrogens (primary N) is 2. The fraction of sp³-hybridized carbons (Fsp3) is 0.391. The van der Waals surface area contributed by atoms with Crippen molar-refractivity contribution < 1.29 is 59.8 Å². The van der Waals surface area contributed by atoms with Crippen molar-refractivity contribution in [2.45, 2.75) is 105 Å². The Balaban J connectivity index is 0.000000427. The van der Waals surface area contributed by atoms with Crippen LogP contribution in [0, 0.1) is 11.8 Å². The second kappa shape index (κ2) is 27.4. The van der Waals surface area contributed by atoms with Crippen LogP contribution in [0.2, 0.25) is 0 Å². The lowest BCUT2D eigenvalue weighted by molar-refractivity contribution is -0.727. The number of carbonyl (C=O) groups is 6. The number of rotatable bonds is 20. The van der Waals surface area contributed by atoms with E-state index >= 15 is 0 Å². The summed E-state index contributed by atoms with van der Waals surface area (Å²) in [5.74, 6) is -2.02. The molecular formula is C46H62ClN8O8+. The highest BCUT2D eigenvalue weighted by Gasteiger charge is 2.26. The SMILES string of the molecule is CC[C@H](C)[C@H](NC(=O)c1cc[n+](COC(=O)N[C@@H](C)Cc2ccccc2)cc1)C(N)=O.CC[C@H](C)[C@H](NC(=O)c1cc[n+](COC(=O)N[C@@H](C)Cc2ccccc2)cc1)C(N)=O.[Cl-]. The molecule has 63 heavy (non-hydrogen) atoms. The molecule has 0 radical (unpaired) electrons.